The van der Waals surface area contributed by atoms with Crippen LogP contribution < -0.4 is 4.74 Å². The molecule has 3 rings (SSSR count). The average molecular weight is 305 g/mol. The third-order valence-electron chi connectivity index (χ3n) is 3.80. The molecule has 1 saturated heterocycles. The largest absolute Gasteiger partial charge is 0.497 e. The molecule has 2 aliphatic rings. The summed E-state index contributed by atoms with van der Waals surface area (Å²) in [5.41, 5.74) is 2.82. The van der Waals surface area contributed by atoms with E-state index >= 15 is 0 Å². The highest BCUT2D eigenvalue weighted by molar-refractivity contribution is 6.27. The van der Waals surface area contributed by atoms with Crippen LogP contribution in [0.1, 0.15) is 18.4 Å². The number of hydrogen-bond donors (Lipinski definition) is 2. The standard InChI is InChI=1S/C14H17NO.C2H2O4/c1-16-13-6-2-4-11(8-13)14-10-15-7-3-5-12(14)9-15;3-1(4)2(5)6/h2,4,6,8,10,12H,3,5,7,9H2,1H3;(H,3,4)(H,5,6). The molecule has 0 radical (unpaired) electrons. The number of carboxylic acid groups (broad SMARTS) is 2. The Morgan fingerprint density at radius 3 is 2.59 bits per heavy atom. The Morgan fingerprint density at radius 1 is 1.27 bits per heavy atom. The van der Waals surface area contributed by atoms with Crippen LogP contribution in [0, 0.1) is 5.92 Å². The summed E-state index contributed by atoms with van der Waals surface area (Å²) in [5.74, 6) is -1.96. The first-order chi connectivity index (χ1) is 10.5. The first kappa shape index (κ1) is 15.9. The zero-order chi connectivity index (χ0) is 16.1. The van der Waals surface area contributed by atoms with Crippen LogP contribution in [0.5, 0.6) is 5.75 Å². The molecule has 0 spiro atoms. The predicted molar refractivity (Wildman–Crippen MR) is 80.5 cm³/mol. The Balaban J connectivity index is 0.000000254. The molecule has 0 amide bonds. The van der Waals surface area contributed by atoms with Gasteiger partial charge < -0.3 is 19.8 Å². The van der Waals surface area contributed by atoms with E-state index in [9.17, 15) is 0 Å². The van der Waals surface area contributed by atoms with Crippen LogP contribution in [0.2, 0.25) is 0 Å². The molecule has 1 fully saturated rings. The zero-order valence-electron chi connectivity index (χ0n) is 12.4. The SMILES string of the molecule is COc1cccc(C2=CN3CCCC2C3)c1.O=C(O)C(=O)O. The molecule has 1 aromatic rings. The first-order valence-electron chi connectivity index (χ1n) is 7.07. The highest BCUT2D eigenvalue weighted by Gasteiger charge is 2.28. The maximum Gasteiger partial charge on any atom is 0.414 e. The van der Waals surface area contributed by atoms with E-state index in [4.69, 9.17) is 24.5 Å². The molecule has 2 N–H and O–H groups in total. The van der Waals surface area contributed by atoms with Crippen molar-refractivity contribution in [3.05, 3.63) is 36.0 Å². The lowest BCUT2D eigenvalue weighted by molar-refractivity contribution is -0.159. The summed E-state index contributed by atoms with van der Waals surface area (Å²) in [4.78, 5) is 20.6. The minimum atomic E-state index is -1.82. The van der Waals surface area contributed by atoms with Gasteiger partial charge in [0.15, 0.2) is 0 Å². The van der Waals surface area contributed by atoms with Gasteiger partial charge in [0.25, 0.3) is 0 Å². The second-order valence-electron chi connectivity index (χ2n) is 5.26. The summed E-state index contributed by atoms with van der Waals surface area (Å²) in [7, 11) is 1.73. The Morgan fingerprint density at radius 2 is 2.00 bits per heavy atom. The van der Waals surface area contributed by atoms with Gasteiger partial charge in [-0.3, -0.25) is 0 Å². The van der Waals surface area contributed by atoms with Gasteiger partial charge >= 0.3 is 11.9 Å². The quantitative estimate of drug-likeness (QED) is 0.812. The van der Waals surface area contributed by atoms with Gasteiger partial charge in [-0.25, -0.2) is 9.59 Å². The fourth-order valence-corrected chi connectivity index (χ4v) is 2.79. The predicted octanol–water partition coefficient (Wildman–Crippen LogP) is 1.92. The Hall–Kier alpha value is -2.50. The van der Waals surface area contributed by atoms with Gasteiger partial charge in [0.2, 0.25) is 0 Å². The number of aliphatic carboxylic acids is 2. The molecule has 2 aliphatic heterocycles. The minimum Gasteiger partial charge on any atom is -0.497 e. The number of hydrogen-bond acceptors (Lipinski definition) is 4. The average Bonchev–Trinajstić information content (AvgIpc) is 2.82. The van der Waals surface area contributed by atoms with Crippen molar-refractivity contribution < 1.29 is 24.5 Å². The van der Waals surface area contributed by atoms with Crippen LogP contribution >= 0.6 is 0 Å². The van der Waals surface area contributed by atoms with E-state index in [1.165, 1.54) is 37.1 Å². The molecule has 118 valence electrons. The Bertz CT molecular complexity index is 584. The summed E-state index contributed by atoms with van der Waals surface area (Å²) >= 11 is 0. The number of piperidine rings is 1. The maximum absolute atomic E-state index is 9.10. The molecule has 0 saturated carbocycles. The summed E-state index contributed by atoms with van der Waals surface area (Å²) in [6.45, 7) is 2.44. The van der Waals surface area contributed by atoms with Gasteiger partial charge in [-0.1, -0.05) is 12.1 Å². The zero-order valence-corrected chi connectivity index (χ0v) is 12.4. The van der Waals surface area contributed by atoms with Gasteiger partial charge in [-0.15, -0.1) is 0 Å². The van der Waals surface area contributed by atoms with Crippen LogP contribution in [-0.2, 0) is 9.59 Å². The van der Waals surface area contributed by atoms with E-state index in [0.29, 0.717) is 0 Å². The number of nitrogens with zero attached hydrogens (tertiary/aromatic N) is 1. The fourth-order valence-electron chi connectivity index (χ4n) is 2.79. The van der Waals surface area contributed by atoms with E-state index in [2.05, 4.69) is 29.3 Å². The molecule has 6 nitrogen and oxygen atoms in total. The molecule has 1 aromatic carbocycles. The molecule has 0 aliphatic carbocycles. The minimum absolute atomic E-state index is 0.737. The van der Waals surface area contributed by atoms with Crippen LogP contribution in [0.25, 0.3) is 5.57 Å². The lowest BCUT2D eigenvalue weighted by Crippen LogP contribution is -2.25. The summed E-state index contributed by atoms with van der Waals surface area (Å²) in [6.07, 6.45) is 5.00. The van der Waals surface area contributed by atoms with Gasteiger partial charge in [-0.05, 0) is 36.1 Å². The number of rotatable bonds is 2. The maximum atomic E-state index is 9.10. The van der Waals surface area contributed by atoms with Crippen LogP contribution in [0.4, 0.5) is 0 Å². The molecular formula is C16H19NO5. The summed E-state index contributed by atoms with van der Waals surface area (Å²) in [6, 6.07) is 8.42. The van der Waals surface area contributed by atoms with Gasteiger partial charge in [0.1, 0.15) is 5.75 Å². The smallest absolute Gasteiger partial charge is 0.414 e. The molecule has 2 heterocycles. The lowest BCUT2D eigenvalue weighted by Gasteiger charge is -2.24. The Kier molecular flexibility index (Phi) is 5.04. The molecule has 1 atom stereocenters. The third kappa shape index (κ3) is 3.78. The topological polar surface area (TPSA) is 87.1 Å². The van der Waals surface area contributed by atoms with Gasteiger partial charge in [-0.2, -0.15) is 0 Å². The van der Waals surface area contributed by atoms with Crippen molar-refractivity contribution in [3.8, 4) is 5.75 Å². The molecule has 6 heteroatoms. The Labute approximate surface area is 128 Å². The van der Waals surface area contributed by atoms with Crippen molar-refractivity contribution in [2.24, 2.45) is 5.92 Å². The van der Waals surface area contributed by atoms with Crippen molar-refractivity contribution in [3.63, 3.8) is 0 Å². The first-order valence-corrected chi connectivity index (χ1v) is 7.07. The second kappa shape index (κ2) is 6.98. The fraction of sp³-hybridized carbons (Fsp3) is 0.375. The molecule has 1 unspecified atom stereocenters. The van der Waals surface area contributed by atoms with E-state index < -0.39 is 11.9 Å². The molecule has 22 heavy (non-hydrogen) atoms. The van der Waals surface area contributed by atoms with E-state index in [1.54, 1.807) is 7.11 Å². The number of benzene rings is 1. The van der Waals surface area contributed by atoms with Gasteiger partial charge in [0, 0.05) is 25.2 Å². The van der Waals surface area contributed by atoms with Crippen LogP contribution in [-0.4, -0.2) is 47.3 Å². The monoisotopic (exact) mass is 305 g/mol. The van der Waals surface area contributed by atoms with Crippen molar-refractivity contribution in [1.82, 2.24) is 4.90 Å². The summed E-state index contributed by atoms with van der Waals surface area (Å²) < 4.78 is 5.28. The van der Waals surface area contributed by atoms with Crippen LogP contribution in [0.3, 0.4) is 0 Å². The van der Waals surface area contributed by atoms with E-state index in [1.807, 2.05) is 6.07 Å². The number of methoxy groups -OCH3 is 1. The van der Waals surface area contributed by atoms with Crippen LogP contribution in [0.15, 0.2) is 30.5 Å². The van der Waals surface area contributed by atoms with Crippen molar-refractivity contribution in [1.29, 1.82) is 0 Å². The van der Waals surface area contributed by atoms with E-state index in [0.717, 1.165) is 11.7 Å². The number of ether oxygens (including phenoxy) is 1. The van der Waals surface area contributed by atoms with E-state index in [-0.39, 0.29) is 0 Å². The molecule has 2 bridgehead atoms. The number of carbonyl (C=O) groups is 2. The van der Waals surface area contributed by atoms with Crippen molar-refractivity contribution in [2.75, 3.05) is 20.2 Å². The number of carboxylic acids is 2. The van der Waals surface area contributed by atoms with Crippen molar-refractivity contribution in [2.45, 2.75) is 12.8 Å². The van der Waals surface area contributed by atoms with Gasteiger partial charge in [0.05, 0.1) is 7.11 Å². The highest BCUT2D eigenvalue weighted by atomic mass is 16.5. The normalized spacial score (nSPS) is 18.9. The summed E-state index contributed by atoms with van der Waals surface area (Å²) in [5, 5.41) is 14.8. The lowest BCUT2D eigenvalue weighted by atomic mass is 9.90. The second-order valence-corrected chi connectivity index (χ2v) is 5.26. The highest BCUT2D eigenvalue weighted by Crippen LogP contribution is 2.37. The molecular weight excluding hydrogens is 286 g/mol. The molecule has 0 aromatic heterocycles. The third-order valence-corrected chi connectivity index (χ3v) is 3.80. The number of fused-ring (bicyclic) bond motifs is 2. The van der Waals surface area contributed by atoms with Crippen molar-refractivity contribution >= 4 is 17.5 Å².